The fourth-order valence-corrected chi connectivity index (χ4v) is 0. The van der Waals surface area contributed by atoms with Gasteiger partial charge in [-0.25, -0.2) is 0 Å². The van der Waals surface area contributed by atoms with Crippen LogP contribution in [0.4, 0.5) is 0 Å². The third kappa shape index (κ3) is 112. The molecule has 0 heterocycles. The van der Waals surface area contributed by atoms with Gasteiger partial charge in [-0.2, -0.15) is 0 Å². The summed E-state index contributed by atoms with van der Waals surface area (Å²) in [5.41, 5.74) is 0. The number of hydrogen-bond acceptors (Lipinski definition) is 2. The normalized spacial score (nSPS) is 4.17. The quantitative estimate of drug-likeness (QED) is 0.471. The molecule has 0 aliphatic heterocycles. The van der Waals surface area contributed by atoms with Gasteiger partial charge in [-0.05, 0) is 6.92 Å². The fourth-order valence-electron chi connectivity index (χ4n) is 0. The van der Waals surface area contributed by atoms with Crippen LogP contribution in [0.1, 0.15) is 6.92 Å². The number of carboxylic acid groups (broad SMARTS) is 1. The summed E-state index contributed by atoms with van der Waals surface area (Å²) < 4.78 is 0. The number of rotatable bonds is 0. The Morgan fingerprint density at radius 3 is 1.67 bits per heavy atom. The molecule has 0 saturated carbocycles. The first-order valence-corrected chi connectivity index (χ1v) is 0.908. The molecule has 33 valence electrons. The summed E-state index contributed by atoms with van der Waals surface area (Å²) in [7, 11) is 0. The minimum Gasteiger partial charge on any atom is -0.550 e. The van der Waals surface area contributed by atoms with Crippen molar-refractivity contribution in [2.24, 2.45) is 0 Å². The van der Waals surface area contributed by atoms with Gasteiger partial charge in [-0.3, -0.25) is 0 Å². The maximum Gasteiger partial charge on any atom is 3.00 e. The van der Waals surface area contributed by atoms with Crippen LogP contribution in [0.15, 0.2) is 0 Å². The topological polar surface area (TPSA) is 71.6 Å². The second-order valence-corrected chi connectivity index (χ2v) is 0.492. The molecule has 0 aliphatic rings. The van der Waals surface area contributed by atoms with Gasteiger partial charge >= 0.3 is 40.8 Å². The van der Waals surface area contributed by atoms with E-state index in [0.717, 1.165) is 6.92 Å². The Balaban J connectivity index is -0.0000000450. The van der Waals surface area contributed by atoms with Gasteiger partial charge < -0.3 is 15.4 Å². The number of carboxylic acids is 1. The summed E-state index contributed by atoms with van der Waals surface area (Å²) in [5, 5.41) is 8.89. The van der Waals surface area contributed by atoms with Crippen LogP contribution in [0.3, 0.4) is 0 Å². The number of carbonyl (C=O) groups is 1. The summed E-state index contributed by atoms with van der Waals surface area (Å²) >= 11 is 0. The molecule has 0 aliphatic carbocycles. The summed E-state index contributed by atoms with van der Waals surface area (Å²) in [6.45, 7) is 0.972. The zero-order valence-electron chi connectivity index (χ0n) is 3.32. The minimum atomic E-state index is -1.08. The van der Waals surface area contributed by atoms with E-state index in [0.29, 0.717) is 0 Å². The predicted molar refractivity (Wildman–Crippen MR) is 14.3 cm³/mol. The number of hydrogen-bond donors (Lipinski definition) is 0. The molecule has 0 aromatic carbocycles. The Kier molecular flexibility index (Phi) is 24.4. The molecular weight excluding hydrogens is 216 g/mol. The molecule has 4 heteroatoms. The van der Waals surface area contributed by atoms with Crippen molar-refractivity contribution in [2.45, 2.75) is 6.92 Å². The molecule has 0 atom stereocenters. The summed E-state index contributed by atoms with van der Waals surface area (Å²) in [4.78, 5) is 8.89. The second kappa shape index (κ2) is 9.24. The Morgan fingerprint density at radius 2 is 1.67 bits per heavy atom. The molecule has 3 nitrogen and oxygen atoms in total. The summed E-state index contributed by atoms with van der Waals surface area (Å²) in [6, 6.07) is 0. The molecule has 0 aromatic rings. The third-order valence-corrected chi connectivity index (χ3v) is 0. The van der Waals surface area contributed by atoms with Crippen LogP contribution in [-0.2, 0) is 4.79 Å². The summed E-state index contributed by atoms with van der Waals surface area (Å²) in [5.74, 6) is -1.08. The Labute approximate surface area is 68.6 Å². The van der Waals surface area contributed by atoms with Gasteiger partial charge in [0.15, 0.2) is 0 Å². The first-order chi connectivity index (χ1) is 1.73. The van der Waals surface area contributed by atoms with Crippen LogP contribution in [-0.4, -0.2) is 11.4 Å². The second-order valence-electron chi connectivity index (χ2n) is 0.492. The van der Waals surface area contributed by atoms with Crippen molar-refractivity contribution in [3.63, 3.8) is 0 Å². The Morgan fingerprint density at radius 1 is 1.67 bits per heavy atom. The zero-order valence-corrected chi connectivity index (χ0v) is 6.52. The van der Waals surface area contributed by atoms with Crippen LogP contribution >= 0.6 is 0 Å². The van der Waals surface area contributed by atoms with Gasteiger partial charge in [0.05, 0.1) is 0 Å². The molecule has 0 rings (SSSR count). The van der Waals surface area contributed by atoms with Gasteiger partial charge in [0, 0.05) is 5.97 Å². The van der Waals surface area contributed by atoms with Gasteiger partial charge in [-0.1, -0.05) is 0 Å². The van der Waals surface area contributed by atoms with Crippen molar-refractivity contribution in [1.29, 1.82) is 0 Å². The molecule has 0 bridgehead atoms. The van der Waals surface area contributed by atoms with E-state index in [4.69, 9.17) is 9.90 Å². The van der Waals surface area contributed by atoms with E-state index >= 15 is 0 Å². The predicted octanol–water partition coefficient (Wildman–Crippen LogP) is -2.07. The average molecular weight is 221 g/mol. The number of aliphatic carboxylic acids is 1. The summed E-state index contributed by atoms with van der Waals surface area (Å²) in [6.07, 6.45) is 0. The van der Waals surface area contributed by atoms with Gasteiger partial charge in [-0.15, -0.1) is 0 Å². The van der Waals surface area contributed by atoms with Crippen LogP contribution in [0, 0.1) is 40.8 Å². The molecule has 1 radical (unpaired) electrons. The molecule has 0 fully saturated rings. The van der Waals surface area contributed by atoms with Crippen molar-refractivity contribution in [3.05, 3.63) is 0 Å². The van der Waals surface area contributed by atoms with Crippen LogP contribution in [0.25, 0.3) is 0 Å². The van der Waals surface area contributed by atoms with Gasteiger partial charge in [0.2, 0.25) is 0 Å². The molecule has 0 amide bonds. The van der Waals surface area contributed by atoms with Crippen molar-refractivity contribution in [2.75, 3.05) is 0 Å². The third-order valence-electron chi connectivity index (χ3n) is 0. The van der Waals surface area contributed by atoms with E-state index in [9.17, 15) is 0 Å². The van der Waals surface area contributed by atoms with Crippen molar-refractivity contribution in [3.8, 4) is 0 Å². The maximum atomic E-state index is 8.89. The van der Waals surface area contributed by atoms with E-state index in [1.807, 2.05) is 0 Å². The standard InChI is InChI=1S/C2H4O2.Nd.H2O/c1-2(3)4;;/h1H3,(H,3,4);;1H2/q;+3;/p-1. The molecule has 0 unspecified atom stereocenters. The zero-order chi connectivity index (χ0) is 3.58. The van der Waals surface area contributed by atoms with Crippen LogP contribution in [0.2, 0.25) is 0 Å². The van der Waals surface area contributed by atoms with E-state index in [2.05, 4.69) is 0 Å². The van der Waals surface area contributed by atoms with E-state index < -0.39 is 5.97 Å². The smallest absolute Gasteiger partial charge is 0.550 e. The van der Waals surface area contributed by atoms with Crippen LogP contribution in [0.5, 0.6) is 0 Å². The minimum absolute atomic E-state index is 0. The fraction of sp³-hybridized carbons (Fsp3) is 0.500. The van der Waals surface area contributed by atoms with Gasteiger partial charge in [0.25, 0.3) is 0 Å². The average Bonchev–Trinajstić information content (AvgIpc) is 0.811. The first kappa shape index (κ1) is 15.9. The molecule has 6 heavy (non-hydrogen) atoms. The molecule has 0 spiro atoms. The van der Waals surface area contributed by atoms with Crippen molar-refractivity contribution >= 4 is 5.97 Å². The van der Waals surface area contributed by atoms with E-state index in [1.54, 1.807) is 0 Å². The SMILES string of the molecule is CC(=O)[O-].O.[Nd+3]. The monoisotopic (exact) mass is 219 g/mol. The molecule has 0 saturated heterocycles. The van der Waals surface area contributed by atoms with Crippen molar-refractivity contribution in [1.82, 2.24) is 0 Å². The van der Waals surface area contributed by atoms with Crippen molar-refractivity contribution < 1.29 is 56.2 Å². The molecule has 0 aromatic heterocycles. The Hall–Kier alpha value is 0.781. The van der Waals surface area contributed by atoms with Gasteiger partial charge in [0.1, 0.15) is 0 Å². The number of carbonyl (C=O) groups excluding carboxylic acids is 1. The largest absolute Gasteiger partial charge is 3.00 e. The van der Waals surface area contributed by atoms with Crippen LogP contribution < -0.4 is 5.11 Å². The first-order valence-electron chi connectivity index (χ1n) is 0.908. The maximum absolute atomic E-state index is 8.89. The molecule has 2 N–H and O–H groups in total. The van der Waals surface area contributed by atoms with E-state index in [-0.39, 0.29) is 46.3 Å². The molecular formula is C2H5NdO3+2. The Bertz CT molecular complexity index is 31.8. The van der Waals surface area contributed by atoms with E-state index in [1.165, 1.54) is 0 Å².